The second-order valence-electron chi connectivity index (χ2n) is 7.76. The highest BCUT2D eigenvalue weighted by atomic mass is 16.5. The van der Waals surface area contributed by atoms with Crippen LogP contribution in [0.25, 0.3) is 0 Å². The number of ether oxygens (including phenoxy) is 1. The fourth-order valence-corrected chi connectivity index (χ4v) is 4.40. The van der Waals surface area contributed by atoms with E-state index in [1.165, 1.54) is 25.1 Å². The van der Waals surface area contributed by atoms with Crippen LogP contribution in [0.15, 0.2) is 40.8 Å². The van der Waals surface area contributed by atoms with Gasteiger partial charge in [-0.2, -0.15) is 0 Å². The summed E-state index contributed by atoms with van der Waals surface area (Å²) in [6, 6.07) is 13.3. The SMILES string of the molecule is COc1ccc(N2CCN(C3CCCN(Cc4ccc(C)o4)C3)CC2)cc1. The summed E-state index contributed by atoms with van der Waals surface area (Å²) in [6.07, 6.45) is 2.60. The van der Waals surface area contributed by atoms with Crippen LogP contribution in [0, 0.1) is 6.92 Å². The van der Waals surface area contributed by atoms with Crippen LogP contribution in [-0.2, 0) is 6.54 Å². The molecule has 1 aromatic heterocycles. The number of rotatable bonds is 5. The number of hydrogen-bond donors (Lipinski definition) is 0. The Kier molecular flexibility index (Phi) is 5.69. The van der Waals surface area contributed by atoms with Crippen LogP contribution in [0.5, 0.6) is 5.75 Å². The highest BCUT2D eigenvalue weighted by molar-refractivity contribution is 5.49. The Morgan fingerprint density at radius 3 is 2.44 bits per heavy atom. The first-order valence-corrected chi connectivity index (χ1v) is 10.1. The second kappa shape index (κ2) is 8.36. The van der Waals surface area contributed by atoms with E-state index in [1.54, 1.807) is 7.11 Å². The normalized spacial score (nSPS) is 22.1. The van der Waals surface area contributed by atoms with E-state index >= 15 is 0 Å². The van der Waals surface area contributed by atoms with E-state index < -0.39 is 0 Å². The molecule has 2 aliphatic heterocycles. The molecular formula is C22H31N3O2. The summed E-state index contributed by atoms with van der Waals surface area (Å²) in [5, 5.41) is 0. The van der Waals surface area contributed by atoms with Crippen LogP contribution >= 0.6 is 0 Å². The van der Waals surface area contributed by atoms with Gasteiger partial charge in [-0.05, 0) is 62.7 Å². The molecule has 3 heterocycles. The zero-order valence-corrected chi connectivity index (χ0v) is 16.6. The van der Waals surface area contributed by atoms with Gasteiger partial charge in [0.25, 0.3) is 0 Å². The number of piperazine rings is 1. The van der Waals surface area contributed by atoms with Gasteiger partial charge in [0.1, 0.15) is 17.3 Å². The van der Waals surface area contributed by atoms with Gasteiger partial charge in [0.05, 0.1) is 13.7 Å². The lowest BCUT2D eigenvalue weighted by molar-refractivity contribution is 0.0848. The average molecular weight is 370 g/mol. The summed E-state index contributed by atoms with van der Waals surface area (Å²) in [6.45, 7) is 9.78. The molecule has 1 unspecified atom stereocenters. The molecular weight excluding hydrogens is 338 g/mol. The summed E-state index contributed by atoms with van der Waals surface area (Å²) in [5.41, 5.74) is 1.30. The van der Waals surface area contributed by atoms with Crippen LogP contribution in [0.1, 0.15) is 24.4 Å². The van der Waals surface area contributed by atoms with Gasteiger partial charge in [0.2, 0.25) is 0 Å². The number of aryl methyl sites for hydroxylation is 1. The Labute approximate surface area is 162 Å². The number of methoxy groups -OCH3 is 1. The quantitative estimate of drug-likeness (QED) is 0.807. The van der Waals surface area contributed by atoms with Crippen LogP contribution < -0.4 is 9.64 Å². The van der Waals surface area contributed by atoms with Crippen LogP contribution in [-0.4, -0.2) is 62.2 Å². The molecule has 1 aromatic carbocycles. The third-order valence-electron chi connectivity index (χ3n) is 5.92. The predicted octanol–water partition coefficient (Wildman–Crippen LogP) is 3.38. The molecule has 0 radical (unpaired) electrons. The first-order valence-electron chi connectivity index (χ1n) is 10.1. The van der Waals surface area contributed by atoms with Crippen molar-refractivity contribution in [3.63, 3.8) is 0 Å². The molecule has 0 amide bonds. The van der Waals surface area contributed by atoms with Crippen molar-refractivity contribution in [1.29, 1.82) is 0 Å². The minimum absolute atomic E-state index is 0.674. The van der Waals surface area contributed by atoms with Crippen molar-refractivity contribution >= 4 is 5.69 Å². The lowest BCUT2D eigenvalue weighted by Gasteiger charge is -2.43. The van der Waals surface area contributed by atoms with E-state index in [1.807, 2.05) is 6.92 Å². The molecule has 0 spiro atoms. The Morgan fingerprint density at radius 1 is 1.00 bits per heavy atom. The van der Waals surface area contributed by atoms with Crippen molar-refractivity contribution in [3.05, 3.63) is 47.9 Å². The number of likely N-dealkylation sites (tertiary alicyclic amines) is 1. The fraction of sp³-hybridized carbons (Fsp3) is 0.545. The van der Waals surface area contributed by atoms with Crippen LogP contribution in [0.4, 0.5) is 5.69 Å². The maximum Gasteiger partial charge on any atom is 0.119 e. The fourth-order valence-electron chi connectivity index (χ4n) is 4.40. The molecule has 0 bridgehead atoms. The predicted molar refractivity (Wildman–Crippen MR) is 109 cm³/mol. The molecule has 2 aromatic rings. The second-order valence-corrected chi connectivity index (χ2v) is 7.76. The van der Waals surface area contributed by atoms with Gasteiger partial charge in [0.15, 0.2) is 0 Å². The molecule has 5 heteroatoms. The molecule has 2 aliphatic rings. The third kappa shape index (κ3) is 4.47. The minimum atomic E-state index is 0.674. The maximum absolute atomic E-state index is 5.78. The highest BCUT2D eigenvalue weighted by Crippen LogP contribution is 2.23. The zero-order chi connectivity index (χ0) is 18.6. The number of piperidine rings is 1. The Bertz CT molecular complexity index is 719. The molecule has 1 atom stereocenters. The van der Waals surface area contributed by atoms with E-state index in [2.05, 4.69) is 51.1 Å². The number of furan rings is 1. The van der Waals surface area contributed by atoms with E-state index in [-0.39, 0.29) is 0 Å². The Morgan fingerprint density at radius 2 is 1.78 bits per heavy atom. The zero-order valence-electron chi connectivity index (χ0n) is 16.6. The molecule has 0 aliphatic carbocycles. The third-order valence-corrected chi connectivity index (χ3v) is 5.92. The standard InChI is InChI=1S/C22H31N3O2/c1-18-5-8-22(27-18)17-23-11-3-4-20(16-23)25-14-12-24(13-15-25)19-6-9-21(26-2)10-7-19/h5-10,20H,3-4,11-17H2,1-2H3. The van der Waals surface area contributed by atoms with Gasteiger partial charge in [-0.25, -0.2) is 0 Å². The number of hydrogen-bond acceptors (Lipinski definition) is 5. The maximum atomic E-state index is 5.78. The molecule has 2 fully saturated rings. The van der Waals surface area contributed by atoms with Gasteiger partial charge in [-0.15, -0.1) is 0 Å². The largest absolute Gasteiger partial charge is 0.497 e. The van der Waals surface area contributed by atoms with Gasteiger partial charge in [-0.3, -0.25) is 9.80 Å². The first kappa shape index (κ1) is 18.4. The minimum Gasteiger partial charge on any atom is -0.497 e. The molecule has 0 saturated carbocycles. The molecule has 146 valence electrons. The molecule has 4 rings (SSSR count). The Hall–Kier alpha value is -1.98. The van der Waals surface area contributed by atoms with Crippen molar-refractivity contribution in [1.82, 2.24) is 9.80 Å². The van der Waals surface area contributed by atoms with E-state index in [4.69, 9.17) is 9.15 Å². The van der Waals surface area contributed by atoms with E-state index in [9.17, 15) is 0 Å². The average Bonchev–Trinajstić information content (AvgIpc) is 3.13. The van der Waals surface area contributed by atoms with Crippen molar-refractivity contribution in [3.8, 4) is 5.75 Å². The van der Waals surface area contributed by atoms with Gasteiger partial charge < -0.3 is 14.1 Å². The van der Waals surface area contributed by atoms with Crippen molar-refractivity contribution in [2.24, 2.45) is 0 Å². The van der Waals surface area contributed by atoms with Gasteiger partial charge in [-0.1, -0.05) is 0 Å². The van der Waals surface area contributed by atoms with E-state index in [0.29, 0.717) is 6.04 Å². The van der Waals surface area contributed by atoms with Gasteiger partial charge in [0, 0.05) is 44.5 Å². The first-order chi connectivity index (χ1) is 13.2. The summed E-state index contributed by atoms with van der Waals surface area (Å²) in [4.78, 5) is 7.74. The van der Waals surface area contributed by atoms with E-state index in [0.717, 1.165) is 56.5 Å². The monoisotopic (exact) mass is 369 g/mol. The number of benzene rings is 1. The summed E-state index contributed by atoms with van der Waals surface area (Å²) in [5.74, 6) is 3.03. The van der Waals surface area contributed by atoms with Gasteiger partial charge >= 0.3 is 0 Å². The summed E-state index contributed by atoms with van der Waals surface area (Å²) < 4.78 is 11.0. The molecule has 27 heavy (non-hydrogen) atoms. The van der Waals surface area contributed by atoms with Crippen molar-refractivity contribution in [2.75, 3.05) is 51.3 Å². The number of nitrogens with zero attached hydrogens (tertiary/aromatic N) is 3. The number of anilines is 1. The lowest BCUT2D eigenvalue weighted by atomic mass is 10.0. The molecule has 0 N–H and O–H groups in total. The van der Waals surface area contributed by atoms with Crippen LogP contribution in [0.2, 0.25) is 0 Å². The Balaban J connectivity index is 1.29. The van der Waals surface area contributed by atoms with Crippen molar-refractivity contribution in [2.45, 2.75) is 32.4 Å². The highest BCUT2D eigenvalue weighted by Gasteiger charge is 2.28. The molecule has 2 saturated heterocycles. The topological polar surface area (TPSA) is 32.1 Å². The van der Waals surface area contributed by atoms with Crippen LogP contribution in [0.3, 0.4) is 0 Å². The summed E-state index contributed by atoms with van der Waals surface area (Å²) in [7, 11) is 1.72. The summed E-state index contributed by atoms with van der Waals surface area (Å²) >= 11 is 0. The molecule has 5 nitrogen and oxygen atoms in total. The lowest BCUT2D eigenvalue weighted by Crippen LogP contribution is -2.55. The van der Waals surface area contributed by atoms with Crippen molar-refractivity contribution < 1.29 is 9.15 Å². The smallest absolute Gasteiger partial charge is 0.119 e.